The Bertz CT molecular complexity index is 724. The van der Waals surface area contributed by atoms with Gasteiger partial charge in [0.2, 0.25) is 11.8 Å². The number of ether oxygens (including phenoxy) is 1. The van der Waals surface area contributed by atoms with Crippen molar-refractivity contribution in [1.29, 1.82) is 0 Å². The number of aromatic nitrogens is 3. The third-order valence-electron chi connectivity index (χ3n) is 4.38. The van der Waals surface area contributed by atoms with Crippen molar-refractivity contribution in [1.82, 2.24) is 25.0 Å². The first-order valence-electron chi connectivity index (χ1n) is 8.73. The minimum absolute atomic E-state index is 0.00767. The van der Waals surface area contributed by atoms with Crippen molar-refractivity contribution < 1.29 is 14.3 Å². The molecule has 0 aliphatic carbocycles. The van der Waals surface area contributed by atoms with Crippen LogP contribution in [0.4, 0.5) is 0 Å². The Morgan fingerprint density at radius 3 is 2.58 bits per heavy atom. The maximum Gasteiger partial charge on any atom is 0.223 e. The third kappa shape index (κ3) is 4.66. The third-order valence-corrected chi connectivity index (χ3v) is 4.38. The molecule has 1 atom stereocenters. The quantitative estimate of drug-likeness (QED) is 0.836. The van der Waals surface area contributed by atoms with Gasteiger partial charge < -0.3 is 15.0 Å². The number of rotatable bonds is 6. The Hall–Kier alpha value is -2.74. The molecule has 1 aromatic heterocycles. The lowest BCUT2D eigenvalue weighted by atomic mass is 10.1. The first kappa shape index (κ1) is 18.1. The highest BCUT2D eigenvalue weighted by Crippen LogP contribution is 2.15. The molecule has 1 aromatic carbocycles. The maximum atomic E-state index is 12.1. The number of hydrogen-bond donors (Lipinski definition) is 1. The molecule has 8 nitrogen and oxygen atoms in total. The summed E-state index contributed by atoms with van der Waals surface area (Å²) in [6, 6.07) is 7.61. The Kier molecular flexibility index (Phi) is 5.96. The van der Waals surface area contributed by atoms with Crippen molar-refractivity contribution in [2.24, 2.45) is 0 Å². The number of nitrogens with zero attached hydrogens (tertiary/aromatic N) is 4. The van der Waals surface area contributed by atoms with Crippen LogP contribution in [0.5, 0.6) is 0 Å². The molecule has 1 aliphatic rings. The van der Waals surface area contributed by atoms with Gasteiger partial charge in [-0.2, -0.15) is 5.10 Å². The van der Waals surface area contributed by atoms with Crippen LogP contribution in [-0.2, 0) is 14.3 Å². The van der Waals surface area contributed by atoms with Crippen LogP contribution in [0.1, 0.15) is 31.4 Å². The molecule has 0 saturated carbocycles. The summed E-state index contributed by atoms with van der Waals surface area (Å²) in [6.07, 6.45) is 3.53. The number of morpholine rings is 1. The summed E-state index contributed by atoms with van der Waals surface area (Å²) in [7, 11) is 0. The minimum Gasteiger partial charge on any atom is -0.378 e. The zero-order valence-corrected chi connectivity index (χ0v) is 14.8. The summed E-state index contributed by atoms with van der Waals surface area (Å²) in [5.74, 6) is -0.118. The molecule has 138 valence electrons. The van der Waals surface area contributed by atoms with Crippen LogP contribution in [0.2, 0.25) is 0 Å². The van der Waals surface area contributed by atoms with Crippen LogP contribution < -0.4 is 5.32 Å². The van der Waals surface area contributed by atoms with E-state index in [0.717, 1.165) is 11.3 Å². The van der Waals surface area contributed by atoms with Crippen molar-refractivity contribution >= 4 is 11.8 Å². The second kappa shape index (κ2) is 8.57. The first-order chi connectivity index (χ1) is 12.6. The van der Waals surface area contributed by atoms with Gasteiger partial charge in [-0.25, -0.2) is 9.67 Å². The Balaban J connectivity index is 1.47. The van der Waals surface area contributed by atoms with Gasteiger partial charge in [0, 0.05) is 25.9 Å². The molecule has 0 spiro atoms. The van der Waals surface area contributed by atoms with Gasteiger partial charge in [-0.3, -0.25) is 9.59 Å². The lowest BCUT2D eigenvalue weighted by Gasteiger charge is -2.26. The average Bonchev–Trinajstić information content (AvgIpc) is 3.21. The molecule has 0 radical (unpaired) electrons. The highest BCUT2D eigenvalue weighted by atomic mass is 16.5. The van der Waals surface area contributed by atoms with Crippen molar-refractivity contribution in [2.45, 2.75) is 25.8 Å². The van der Waals surface area contributed by atoms with E-state index in [2.05, 4.69) is 15.4 Å². The molecule has 0 bridgehead atoms. The SMILES string of the molecule is CC(NC(=O)CCC(=O)N1CCOCC1)c1ccc(-n2cncn2)cc1. The van der Waals surface area contributed by atoms with Gasteiger partial charge in [-0.1, -0.05) is 12.1 Å². The van der Waals surface area contributed by atoms with Crippen LogP contribution in [0.15, 0.2) is 36.9 Å². The largest absolute Gasteiger partial charge is 0.378 e. The lowest BCUT2D eigenvalue weighted by Crippen LogP contribution is -2.41. The molecule has 1 N–H and O–H groups in total. The predicted molar refractivity (Wildman–Crippen MR) is 94.5 cm³/mol. The standard InChI is InChI=1S/C18H23N5O3/c1-14(15-2-4-16(5-3-15)23-13-19-12-20-23)21-17(24)6-7-18(25)22-8-10-26-11-9-22/h2-5,12-14H,6-11H2,1H3,(H,21,24). The van der Waals surface area contributed by atoms with Gasteiger partial charge in [0.05, 0.1) is 24.9 Å². The molecule has 1 unspecified atom stereocenters. The smallest absolute Gasteiger partial charge is 0.223 e. The average molecular weight is 357 g/mol. The molecule has 2 aromatic rings. The molecule has 26 heavy (non-hydrogen) atoms. The fraction of sp³-hybridized carbons (Fsp3) is 0.444. The summed E-state index contributed by atoms with van der Waals surface area (Å²) >= 11 is 0. The summed E-state index contributed by atoms with van der Waals surface area (Å²) < 4.78 is 6.90. The molecular formula is C18H23N5O3. The van der Waals surface area contributed by atoms with Crippen LogP contribution in [-0.4, -0.2) is 57.8 Å². The molecule has 1 saturated heterocycles. The Labute approximate surface area is 152 Å². The molecule has 2 heterocycles. The number of amides is 2. The predicted octanol–water partition coefficient (Wildman–Crippen LogP) is 1.08. The minimum atomic E-state index is -0.134. The van der Waals surface area contributed by atoms with Crippen LogP contribution in [0.3, 0.4) is 0 Å². The highest BCUT2D eigenvalue weighted by molar-refractivity contribution is 5.84. The summed E-state index contributed by atoms with van der Waals surface area (Å²) in [5, 5.41) is 7.02. The van der Waals surface area contributed by atoms with E-state index < -0.39 is 0 Å². The number of hydrogen-bond acceptors (Lipinski definition) is 5. The zero-order chi connectivity index (χ0) is 18.4. The molecule has 1 aliphatic heterocycles. The van der Waals surface area contributed by atoms with E-state index in [4.69, 9.17) is 4.74 Å². The van der Waals surface area contributed by atoms with Gasteiger partial charge in [0.25, 0.3) is 0 Å². The van der Waals surface area contributed by atoms with Gasteiger partial charge >= 0.3 is 0 Å². The lowest BCUT2D eigenvalue weighted by molar-refractivity contribution is -0.137. The van der Waals surface area contributed by atoms with Gasteiger partial charge in [-0.05, 0) is 24.6 Å². The van der Waals surface area contributed by atoms with Crippen LogP contribution in [0.25, 0.3) is 5.69 Å². The van der Waals surface area contributed by atoms with E-state index in [1.165, 1.54) is 6.33 Å². The van der Waals surface area contributed by atoms with E-state index in [0.29, 0.717) is 26.3 Å². The summed E-state index contributed by atoms with van der Waals surface area (Å²) in [5.41, 5.74) is 1.89. The Morgan fingerprint density at radius 2 is 1.92 bits per heavy atom. The second-order valence-corrected chi connectivity index (χ2v) is 6.21. The first-order valence-corrected chi connectivity index (χ1v) is 8.73. The van der Waals surface area contributed by atoms with Crippen molar-refractivity contribution in [2.75, 3.05) is 26.3 Å². The Morgan fingerprint density at radius 1 is 1.19 bits per heavy atom. The normalized spacial score (nSPS) is 15.5. The van der Waals surface area contributed by atoms with Crippen molar-refractivity contribution in [3.63, 3.8) is 0 Å². The number of carbonyl (C=O) groups excluding carboxylic acids is 2. The highest BCUT2D eigenvalue weighted by Gasteiger charge is 2.18. The van der Waals surface area contributed by atoms with Gasteiger partial charge in [0.15, 0.2) is 0 Å². The molecule has 3 rings (SSSR count). The summed E-state index contributed by atoms with van der Waals surface area (Å²) in [6.45, 7) is 4.27. The van der Waals surface area contributed by atoms with E-state index in [1.54, 1.807) is 15.9 Å². The second-order valence-electron chi connectivity index (χ2n) is 6.21. The number of carbonyl (C=O) groups is 2. The van der Waals surface area contributed by atoms with E-state index >= 15 is 0 Å². The van der Waals surface area contributed by atoms with Crippen LogP contribution >= 0.6 is 0 Å². The van der Waals surface area contributed by atoms with E-state index in [-0.39, 0.29) is 30.7 Å². The molecular weight excluding hydrogens is 334 g/mol. The zero-order valence-electron chi connectivity index (χ0n) is 14.8. The fourth-order valence-electron chi connectivity index (χ4n) is 2.85. The maximum absolute atomic E-state index is 12.1. The number of benzene rings is 1. The van der Waals surface area contributed by atoms with Crippen molar-refractivity contribution in [3.05, 3.63) is 42.5 Å². The summed E-state index contributed by atoms with van der Waals surface area (Å²) in [4.78, 5) is 29.9. The molecule has 8 heteroatoms. The van der Waals surface area contributed by atoms with Gasteiger partial charge in [0.1, 0.15) is 12.7 Å². The molecule has 2 amide bonds. The number of nitrogens with one attached hydrogen (secondary N) is 1. The van der Waals surface area contributed by atoms with Crippen molar-refractivity contribution in [3.8, 4) is 5.69 Å². The fourth-order valence-corrected chi connectivity index (χ4v) is 2.85. The van der Waals surface area contributed by atoms with Crippen LogP contribution in [0, 0.1) is 0 Å². The van der Waals surface area contributed by atoms with Gasteiger partial charge in [-0.15, -0.1) is 0 Å². The van der Waals surface area contributed by atoms with E-state index in [9.17, 15) is 9.59 Å². The topological polar surface area (TPSA) is 89.4 Å². The molecule has 1 fully saturated rings. The van der Waals surface area contributed by atoms with E-state index in [1.807, 2.05) is 31.2 Å². The monoisotopic (exact) mass is 357 g/mol.